The summed E-state index contributed by atoms with van der Waals surface area (Å²) in [7, 11) is 0. The Bertz CT molecular complexity index is 590. The Balaban J connectivity index is 2.29. The lowest BCUT2D eigenvalue weighted by atomic mass is 10.1. The minimum Gasteiger partial charge on any atom is -0.478 e. The molecule has 0 unspecified atom stereocenters. The SMILES string of the molecule is Cc1ccc(NC(=O)c2ccon2)c(C(=O)O)c1. The highest BCUT2D eigenvalue weighted by atomic mass is 16.5. The molecule has 0 aliphatic carbocycles. The molecule has 18 heavy (non-hydrogen) atoms. The second kappa shape index (κ2) is 4.70. The monoisotopic (exact) mass is 246 g/mol. The summed E-state index contributed by atoms with van der Waals surface area (Å²) >= 11 is 0. The van der Waals surface area contributed by atoms with Gasteiger partial charge >= 0.3 is 5.97 Å². The van der Waals surface area contributed by atoms with Gasteiger partial charge in [-0.1, -0.05) is 16.8 Å². The number of carbonyl (C=O) groups is 2. The topological polar surface area (TPSA) is 92.4 Å². The summed E-state index contributed by atoms with van der Waals surface area (Å²) in [6.07, 6.45) is 1.27. The van der Waals surface area contributed by atoms with Gasteiger partial charge in [-0.25, -0.2) is 4.79 Å². The third-order valence-corrected chi connectivity index (χ3v) is 2.32. The molecule has 0 aliphatic heterocycles. The summed E-state index contributed by atoms with van der Waals surface area (Å²) in [5.74, 6) is -1.62. The Morgan fingerprint density at radius 2 is 2.11 bits per heavy atom. The van der Waals surface area contributed by atoms with Crippen molar-refractivity contribution in [1.29, 1.82) is 0 Å². The van der Waals surface area contributed by atoms with Gasteiger partial charge in [-0.15, -0.1) is 0 Å². The highest BCUT2D eigenvalue weighted by Gasteiger charge is 2.15. The molecule has 0 atom stereocenters. The van der Waals surface area contributed by atoms with Gasteiger partial charge < -0.3 is 14.9 Å². The molecule has 6 heteroatoms. The van der Waals surface area contributed by atoms with Gasteiger partial charge in [0.15, 0.2) is 5.69 Å². The van der Waals surface area contributed by atoms with E-state index in [1.165, 1.54) is 24.5 Å². The van der Waals surface area contributed by atoms with E-state index >= 15 is 0 Å². The van der Waals surface area contributed by atoms with Crippen LogP contribution in [0.25, 0.3) is 0 Å². The number of aryl methyl sites for hydroxylation is 1. The number of nitrogens with one attached hydrogen (secondary N) is 1. The lowest BCUT2D eigenvalue weighted by molar-refractivity contribution is 0.0698. The molecule has 0 fully saturated rings. The van der Waals surface area contributed by atoms with E-state index < -0.39 is 11.9 Å². The fourth-order valence-electron chi connectivity index (χ4n) is 1.46. The predicted molar refractivity (Wildman–Crippen MR) is 62.6 cm³/mol. The Kier molecular flexibility index (Phi) is 3.09. The van der Waals surface area contributed by atoms with Gasteiger partial charge in [0.1, 0.15) is 6.26 Å². The molecule has 1 aromatic heterocycles. The molecular weight excluding hydrogens is 236 g/mol. The average molecular weight is 246 g/mol. The van der Waals surface area contributed by atoms with Crippen LogP contribution in [0.1, 0.15) is 26.4 Å². The predicted octanol–water partition coefficient (Wildman–Crippen LogP) is 1.93. The van der Waals surface area contributed by atoms with Crippen LogP contribution in [0.15, 0.2) is 35.1 Å². The molecule has 1 heterocycles. The van der Waals surface area contributed by atoms with E-state index in [1.807, 2.05) is 0 Å². The van der Waals surface area contributed by atoms with E-state index in [9.17, 15) is 9.59 Å². The molecule has 0 saturated carbocycles. The number of carboxylic acids is 1. The van der Waals surface area contributed by atoms with Crippen LogP contribution in [0.3, 0.4) is 0 Å². The number of hydrogen-bond donors (Lipinski definition) is 2. The lowest BCUT2D eigenvalue weighted by Crippen LogP contribution is -2.15. The van der Waals surface area contributed by atoms with Crippen molar-refractivity contribution in [2.24, 2.45) is 0 Å². The number of carbonyl (C=O) groups excluding carboxylic acids is 1. The minimum absolute atomic E-state index is 0.0341. The van der Waals surface area contributed by atoms with Crippen molar-refractivity contribution in [3.63, 3.8) is 0 Å². The second-order valence-electron chi connectivity index (χ2n) is 3.69. The van der Waals surface area contributed by atoms with Gasteiger partial charge in [-0.2, -0.15) is 0 Å². The van der Waals surface area contributed by atoms with Gasteiger partial charge in [0, 0.05) is 6.07 Å². The van der Waals surface area contributed by atoms with Gasteiger partial charge in [-0.3, -0.25) is 4.79 Å². The number of aromatic carboxylic acids is 1. The van der Waals surface area contributed by atoms with Crippen LogP contribution in [-0.2, 0) is 0 Å². The van der Waals surface area contributed by atoms with Crippen LogP contribution in [0.5, 0.6) is 0 Å². The van der Waals surface area contributed by atoms with E-state index in [4.69, 9.17) is 5.11 Å². The Labute approximate surface area is 102 Å². The first-order valence-corrected chi connectivity index (χ1v) is 5.13. The molecule has 1 amide bonds. The third kappa shape index (κ3) is 2.37. The average Bonchev–Trinajstić information content (AvgIpc) is 2.84. The van der Waals surface area contributed by atoms with Crippen LogP contribution in [0.2, 0.25) is 0 Å². The van der Waals surface area contributed by atoms with Gasteiger partial charge in [0.25, 0.3) is 5.91 Å². The number of nitrogens with zero attached hydrogens (tertiary/aromatic N) is 1. The Hall–Kier alpha value is -2.63. The molecule has 0 aliphatic rings. The first kappa shape index (κ1) is 11.8. The Morgan fingerprint density at radius 1 is 1.33 bits per heavy atom. The number of hydrogen-bond acceptors (Lipinski definition) is 4. The van der Waals surface area contributed by atoms with E-state index in [-0.39, 0.29) is 16.9 Å². The zero-order valence-electron chi connectivity index (χ0n) is 9.51. The summed E-state index contributed by atoms with van der Waals surface area (Å²) in [6, 6.07) is 6.13. The fourth-order valence-corrected chi connectivity index (χ4v) is 1.46. The van der Waals surface area contributed by atoms with Crippen molar-refractivity contribution in [1.82, 2.24) is 5.16 Å². The van der Waals surface area contributed by atoms with Crippen molar-refractivity contribution in [2.75, 3.05) is 5.32 Å². The number of carboxylic acid groups (broad SMARTS) is 1. The van der Waals surface area contributed by atoms with Crippen LogP contribution in [0, 0.1) is 6.92 Å². The molecule has 2 N–H and O–H groups in total. The number of amides is 1. The van der Waals surface area contributed by atoms with Crippen LogP contribution >= 0.6 is 0 Å². The maximum absolute atomic E-state index is 11.7. The van der Waals surface area contributed by atoms with Crippen LogP contribution in [0.4, 0.5) is 5.69 Å². The number of rotatable bonds is 3. The number of anilines is 1. The van der Waals surface area contributed by atoms with Crippen LogP contribution < -0.4 is 5.32 Å². The maximum Gasteiger partial charge on any atom is 0.337 e. The van der Waals surface area contributed by atoms with Crippen molar-refractivity contribution in [3.8, 4) is 0 Å². The van der Waals surface area contributed by atoms with E-state index in [0.29, 0.717) is 0 Å². The zero-order chi connectivity index (χ0) is 13.1. The summed E-state index contributed by atoms with van der Waals surface area (Å²) in [4.78, 5) is 22.8. The van der Waals surface area contributed by atoms with Gasteiger partial charge in [-0.05, 0) is 19.1 Å². The molecule has 0 bridgehead atoms. The normalized spacial score (nSPS) is 10.1. The smallest absolute Gasteiger partial charge is 0.337 e. The van der Waals surface area contributed by atoms with Gasteiger partial charge in [0.05, 0.1) is 11.3 Å². The molecule has 2 aromatic rings. The Morgan fingerprint density at radius 3 is 2.72 bits per heavy atom. The number of benzene rings is 1. The van der Waals surface area contributed by atoms with Gasteiger partial charge in [0.2, 0.25) is 0 Å². The van der Waals surface area contributed by atoms with E-state index in [0.717, 1.165) is 5.56 Å². The highest BCUT2D eigenvalue weighted by molar-refractivity contribution is 6.06. The van der Waals surface area contributed by atoms with Crippen LogP contribution in [-0.4, -0.2) is 22.1 Å². The molecule has 6 nitrogen and oxygen atoms in total. The largest absolute Gasteiger partial charge is 0.478 e. The molecular formula is C12H10N2O4. The van der Waals surface area contributed by atoms with E-state index in [1.54, 1.807) is 13.0 Å². The summed E-state index contributed by atoms with van der Waals surface area (Å²) in [6.45, 7) is 1.77. The molecule has 2 rings (SSSR count). The zero-order valence-corrected chi connectivity index (χ0v) is 9.51. The highest BCUT2D eigenvalue weighted by Crippen LogP contribution is 2.18. The fraction of sp³-hybridized carbons (Fsp3) is 0.0833. The van der Waals surface area contributed by atoms with Crippen molar-refractivity contribution < 1.29 is 19.2 Å². The lowest BCUT2D eigenvalue weighted by Gasteiger charge is -2.07. The molecule has 0 radical (unpaired) electrons. The molecule has 0 spiro atoms. The minimum atomic E-state index is -1.10. The van der Waals surface area contributed by atoms with E-state index in [2.05, 4.69) is 15.0 Å². The summed E-state index contributed by atoms with van der Waals surface area (Å²) in [5, 5.41) is 15.0. The standard InChI is InChI=1S/C12H10N2O4/c1-7-2-3-9(8(6-7)12(16)17)13-11(15)10-4-5-18-14-10/h2-6H,1H3,(H,13,15)(H,16,17). The van der Waals surface area contributed by atoms with Crippen molar-refractivity contribution in [2.45, 2.75) is 6.92 Å². The second-order valence-corrected chi connectivity index (χ2v) is 3.69. The first-order chi connectivity index (χ1) is 8.58. The summed E-state index contributed by atoms with van der Waals surface area (Å²) < 4.78 is 4.54. The van der Waals surface area contributed by atoms with Crippen molar-refractivity contribution >= 4 is 17.6 Å². The quantitative estimate of drug-likeness (QED) is 0.863. The maximum atomic E-state index is 11.7. The third-order valence-electron chi connectivity index (χ3n) is 2.32. The summed E-state index contributed by atoms with van der Waals surface area (Å²) in [5.41, 5.74) is 1.15. The van der Waals surface area contributed by atoms with Crippen molar-refractivity contribution in [3.05, 3.63) is 47.3 Å². The molecule has 1 aromatic carbocycles. The molecule has 0 saturated heterocycles. The molecule has 92 valence electrons. The first-order valence-electron chi connectivity index (χ1n) is 5.13. The number of aromatic nitrogens is 1.